The Kier molecular flexibility index (Phi) is 9.69. The summed E-state index contributed by atoms with van der Waals surface area (Å²) in [5, 5.41) is 2.62. The van der Waals surface area contributed by atoms with E-state index in [1.807, 2.05) is 4.90 Å². The number of halogens is 6. The summed E-state index contributed by atoms with van der Waals surface area (Å²) in [5.41, 5.74) is 5.10. The molecule has 2 aliphatic rings. The molecule has 2 aromatic carbocycles. The van der Waals surface area contributed by atoms with Crippen LogP contribution >= 0.6 is 24.8 Å². The quantitative estimate of drug-likeness (QED) is 0.371. The molecule has 12 heteroatoms. The molecule has 210 valence electrons. The van der Waals surface area contributed by atoms with Crippen LogP contribution in [-0.2, 0) is 0 Å². The zero-order valence-corrected chi connectivity index (χ0v) is 22.7. The predicted octanol–water partition coefficient (Wildman–Crippen LogP) is 5.78. The maximum Gasteiger partial charge on any atom is 0.258 e. The van der Waals surface area contributed by atoms with Gasteiger partial charge in [0.2, 0.25) is 0 Å². The maximum absolute atomic E-state index is 15.5. The van der Waals surface area contributed by atoms with Crippen LogP contribution in [0.5, 0.6) is 0 Å². The molecule has 5 rings (SSSR count). The van der Waals surface area contributed by atoms with Crippen molar-refractivity contribution in [1.82, 2.24) is 4.98 Å². The zero-order valence-electron chi connectivity index (χ0n) is 21.1. The van der Waals surface area contributed by atoms with Crippen LogP contribution in [-0.4, -0.2) is 43.1 Å². The summed E-state index contributed by atoms with van der Waals surface area (Å²) < 4.78 is 60.2. The first kappa shape index (κ1) is 30.5. The van der Waals surface area contributed by atoms with Crippen molar-refractivity contribution in [2.75, 3.05) is 41.3 Å². The second-order valence-corrected chi connectivity index (χ2v) is 9.76. The van der Waals surface area contributed by atoms with E-state index >= 15 is 4.39 Å². The van der Waals surface area contributed by atoms with Gasteiger partial charge in [-0.3, -0.25) is 9.78 Å². The summed E-state index contributed by atoms with van der Waals surface area (Å²) >= 11 is 0. The molecule has 3 heterocycles. The summed E-state index contributed by atoms with van der Waals surface area (Å²) in [6.07, 6.45) is 4.77. The van der Waals surface area contributed by atoms with E-state index in [4.69, 9.17) is 5.73 Å². The number of aromatic nitrogens is 1. The molecule has 2 aliphatic heterocycles. The Morgan fingerprint density at radius 2 is 1.67 bits per heavy atom. The average Bonchev–Trinajstić information content (AvgIpc) is 2.79. The first-order valence-electron chi connectivity index (χ1n) is 12.2. The van der Waals surface area contributed by atoms with Crippen LogP contribution in [0.1, 0.15) is 30.1 Å². The van der Waals surface area contributed by atoms with Gasteiger partial charge in [0.1, 0.15) is 23.3 Å². The fraction of sp³-hybridized carbons (Fsp3) is 0.333. The number of pyridine rings is 1. The molecular weight excluding hydrogens is 557 g/mol. The lowest BCUT2D eigenvalue weighted by molar-refractivity contribution is 0.102. The largest absolute Gasteiger partial charge is 0.371 e. The molecule has 3 N–H and O–H groups in total. The number of hydrogen-bond acceptors (Lipinski definition) is 5. The van der Waals surface area contributed by atoms with Gasteiger partial charge in [-0.25, -0.2) is 17.6 Å². The number of amides is 1. The second kappa shape index (κ2) is 12.4. The number of nitrogens with zero attached hydrogens (tertiary/aromatic N) is 3. The lowest BCUT2D eigenvalue weighted by Crippen LogP contribution is -2.46. The third kappa shape index (κ3) is 6.08. The fourth-order valence-corrected chi connectivity index (χ4v) is 5.06. The molecule has 3 aromatic rings. The number of piperidine rings is 1. The van der Waals surface area contributed by atoms with Crippen LogP contribution in [0.4, 0.5) is 34.6 Å². The first-order valence-corrected chi connectivity index (χ1v) is 12.2. The summed E-state index contributed by atoms with van der Waals surface area (Å²) in [7, 11) is 0. The van der Waals surface area contributed by atoms with Crippen LogP contribution in [0, 0.1) is 29.2 Å². The molecule has 6 nitrogen and oxygen atoms in total. The van der Waals surface area contributed by atoms with Gasteiger partial charge in [0.15, 0.2) is 0 Å². The Morgan fingerprint density at radius 3 is 2.28 bits per heavy atom. The molecule has 1 amide bonds. The van der Waals surface area contributed by atoms with Crippen LogP contribution in [0.15, 0.2) is 42.7 Å². The number of carbonyl (C=O) groups excluding carboxylic acids is 1. The normalized spacial score (nSPS) is 18.5. The van der Waals surface area contributed by atoms with Gasteiger partial charge in [-0.1, -0.05) is 6.92 Å². The van der Waals surface area contributed by atoms with E-state index in [-0.39, 0.29) is 30.9 Å². The molecule has 2 saturated heterocycles. The minimum atomic E-state index is -1.36. The topological polar surface area (TPSA) is 74.5 Å². The fourth-order valence-electron chi connectivity index (χ4n) is 5.06. The van der Waals surface area contributed by atoms with Crippen LogP contribution in [0.2, 0.25) is 0 Å². The maximum atomic E-state index is 15.5. The molecule has 2 atom stereocenters. The van der Waals surface area contributed by atoms with Gasteiger partial charge in [0, 0.05) is 44.1 Å². The summed E-state index contributed by atoms with van der Waals surface area (Å²) in [5.74, 6) is -5.33. The number of anilines is 3. The van der Waals surface area contributed by atoms with Crippen molar-refractivity contribution in [2.45, 2.75) is 25.8 Å². The van der Waals surface area contributed by atoms with E-state index in [1.54, 1.807) is 17.2 Å². The zero-order chi connectivity index (χ0) is 26.3. The Balaban J connectivity index is 0.00000210. The molecule has 0 aliphatic carbocycles. The van der Waals surface area contributed by atoms with E-state index in [2.05, 4.69) is 17.2 Å². The number of carbonyl (C=O) groups is 1. The van der Waals surface area contributed by atoms with Gasteiger partial charge >= 0.3 is 0 Å². The Bertz CT molecular complexity index is 1320. The minimum Gasteiger partial charge on any atom is -0.371 e. The van der Waals surface area contributed by atoms with Gasteiger partial charge in [0.25, 0.3) is 5.91 Å². The number of benzene rings is 2. The number of nitrogens with two attached hydrogens (primary N) is 1. The van der Waals surface area contributed by atoms with Crippen molar-refractivity contribution in [2.24, 2.45) is 11.7 Å². The molecule has 0 spiro atoms. The SMILES string of the molecule is C[C@@H]1C[C@H](N)CN(c2ccncc2NC(=O)c2ccc(F)c(-c3c(F)cc(N4CCC4)cc3F)c2F)C1.Cl.Cl. The highest BCUT2D eigenvalue weighted by molar-refractivity contribution is 6.06. The smallest absolute Gasteiger partial charge is 0.258 e. The number of hydrogen-bond donors (Lipinski definition) is 2. The highest BCUT2D eigenvalue weighted by Gasteiger charge is 2.28. The van der Waals surface area contributed by atoms with Gasteiger partial charge in [-0.15, -0.1) is 24.8 Å². The third-order valence-corrected chi connectivity index (χ3v) is 6.91. The number of nitrogens with one attached hydrogen (secondary N) is 1. The van der Waals surface area contributed by atoms with E-state index in [0.29, 0.717) is 49.2 Å². The monoisotopic (exact) mass is 585 g/mol. The summed E-state index contributed by atoms with van der Waals surface area (Å²) in [6.45, 7) is 4.65. The highest BCUT2D eigenvalue weighted by Crippen LogP contribution is 2.36. The summed E-state index contributed by atoms with van der Waals surface area (Å²) in [6, 6.07) is 5.55. The minimum absolute atomic E-state index is 0. The predicted molar refractivity (Wildman–Crippen MR) is 149 cm³/mol. The lowest BCUT2D eigenvalue weighted by atomic mass is 9.96. The lowest BCUT2D eigenvalue weighted by Gasteiger charge is -2.37. The molecule has 0 bridgehead atoms. The highest BCUT2D eigenvalue weighted by atomic mass is 35.5. The number of rotatable bonds is 5. The standard InChI is InChI=1S/C27H27F4N5O.2ClH/c1-15-9-16(32)14-36(13-15)23-5-6-33-12-22(23)34-27(37)18-3-4-19(28)25(26(18)31)24-20(29)10-17(11-21(24)30)35-7-2-8-35;;/h3-6,10-12,15-16H,2,7-9,13-14,32H2,1H3,(H,34,37);2*1H/t15-,16+;;/m1../s1. The molecule has 0 saturated carbocycles. The molecule has 1 aromatic heterocycles. The van der Waals surface area contributed by atoms with Crippen molar-refractivity contribution < 1.29 is 22.4 Å². The van der Waals surface area contributed by atoms with E-state index in [0.717, 1.165) is 37.1 Å². The van der Waals surface area contributed by atoms with Crippen LogP contribution in [0.3, 0.4) is 0 Å². The van der Waals surface area contributed by atoms with Crippen molar-refractivity contribution in [3.8, 4) is 11.1 Å². The van der Waals surface area contributed by atoms with Gasteiger partial charge in [-0.2, -0.15) is 0 Å². The average molecular weight is 586 g/mol. The Morgan fingerprint density at radius 1 is 0.974 bits per heavy atom. The molecule has 2 fully saturated rings. The molecule has 0 radical (unpaired) electrons. The van der Waals surface area contributed by atoms with Crippen molar-refractivity contribution in [3.05, 3.63) is 71.6 Å². The summed E-state index contributed by atoms with van der Waals surface area (Å²) in [4.78, 5) is 20.9. The second-order valence-electron chi connectivity index (χ2n) is 9.76. The third-order valence-electron chi connectivity index (χ3n) is 6.91. The van der Waals surface area contributed by atoms with Crippen molar-refractivity contribution in [3.63, 3.8) is 0 Å². The van der Waals surface area contributed by atoms with Gasteiger partial charge < -0.3 is 20.9 Å². The first-order chi connectivity index (χ1) is 17.7. The van der Waals surface area contributed by atoms with Crippen molar-refractivity contribution >= 4 is 47.8 Å². The van der Waals surface area contributed by atoms with Gasteiger partial charge in [-0.05, 0) is 49.1 Å². The van der Waals surface area contributed by atoms with E-state index in [1.165, 1.54) is 6.20 Å². The van der Waals surface area contributed by atoms with E-state index in [9.17, 15) is 18.0 Å². The molecular formula is C27H29Cl2F4N5O. The molecule has 39 heavy (non-hydrogen) atoms. The van der Waals surface area contributed by atoms with Crippen molar-refractivity contribution in [1.29, 1.82) is 0 Å². The Labute approximate surface area is 236 Å². The van der Waals surface area contributed by atoms with Gasteiger partial charge in [0.05, 0.1) is 34.3 Å². The Hall–Kier alpha value is -3.08. The van der Waals surface area contributed by atoms with Crippen LogP contribution < -0.4 is 20.9 Å². The molecule has 0 unspecified atom stereocenters. The van der Waals surface area contributed by atoms with E-state index < -0.39 is 45.9 Å². The van der Waals surface area contributed by atoms with Crippen LogP contribution in [0.25, 0.3) is 11.1 Å².